The minimum Gasteiger partial charge on any atom is -0.381 e. The Morgan fingerprint density at radius 3 is 2.45 bits per heavy atom. The summed E-state index contributed by atoms with van der Waals surface area (Å²) in [7, 11) is 0. The van der Waals surface area contributed by atoms with Gasteiger partial charge in [-0.1, -0.05) is 19.8 Å². The Bertz CT molecular complexity index is 145. The van der Waals surface area contributed by atoms with Crippen molar-refractivity contribution >= 4 is 23.0 Å². The van der Waals surface area contributed by atoms with Gasteiger partial charge in [-0.3, -0.25) is 4.79 Å². The molecule has 0 saturated carbocycles. The molecule has 0 saturated heterocycles. The van der Waals surface area contributed by atoms with E-state index >= 15 is 0 Å². The number of carbonyl (C=O) groups is 2. The van der Waals surface area contributed by atoms with Crippen molar-refractivity contribution in [2.45, 2.75) is 32.6 Å². The number of carbonyl (C=O) groups excluding carboxylic acids is 2. The Labute approximate surface area is 70.7 Å². The summed E-state index contributed by atoms with van der Waals surface area (Å²) in [5.41, 5.74) is -1.05. The molecule has 0 aromatic heterocycles. The lowest BCUT2D eigenvalue weighted by molar-refractivity contribution is -0.136. The molecule has 0 fully saturated rings. The first-order chi connectivity index (χ1) is 5.16. The summed E-state index contributed by atoms with van der Waals surface area (Å²) in [5.74, 6) is -0.543. The predicted molar refractivity (Wildman–Crippen MR) is 41.5 cm³/mol. The fourth-order valence-electron chi connectivity index (χ4n) is 0.660. The third-order valence-corrected chi connectivity index (χ3v) is 1.26. The third kappa shape index (κ3) is 7.33. The molecule has 0 bridgehead atoms. The molecule has 0 aliphatic heterocycles. The van der Waals surface area contributed by atoms with E-state index in [1.54, 1.807) is 0 Å². The lowest BCUT2D eigenvalue weighted by Gasteiger charge is -1.96. The van der Waals surface area contributed by atoms with Gasteiger partial charge in [0.15, 0.2) is 0 Å². The Hall–Kier alpha value is -0.570. The molecule has 0 N–H and O–H groups in total. The Balaban J connectivity index is 3.30. The van der Waals surface area contributed by atoms with Gasteiger partial charge >= 0.3 is 11.4 Å². The molecular weight excluding hydrogens is 168 g/mol. The number of unbranched alkanes of at least 4 members (excludes halogenated alkanes) is 2. The maximum Gasteiger partial charge on any atom is 0.411 e. The zero-order valence-electron chi connectivity index (χ0n) is 6.43. The van der Waals surface area contributed by atoms with Gasteiger partial charge in [0.25, 0.3) is 0 Å². The van der Waals surface area contributed by atoms with Crippen LogP contribution >= 0.6 is 11.6 Å². The molecule has 0 aliphatic carbocycles. The molecule has 0 amide bonds. The predicted octanol–water partition coefficient (Wildman–Crippen LogP) is 2.47. The lowest BCUT2D eigenvalue weighted by Crippen LogP contribution is -2.05. The molecule has 11 heavy (non-hydrogen) atoms. The monoisotopic (exact) mass is 178 g/mol. The van der Waals surface area contributed by atoms with Gasteiger partial charge in [-0.25, -0.2) is 4.79 Å². The highest BCUT2D eigenvalue weighted by Crippen LogP contribution is 2.01. The van der Waals surface area contributed by atoms with E-state index in [0.29, 0.717) is 0 Å². The zero-order valence-corrected chi connectivity index (χ0v) is 7.19. The maximum atomic E-state index is 10.6. The van der Waals surface area contributed by atoms with Crippen molar-refractivity contribution in [2.24, 2.45) is 0 Å². The van der Waals surface area contributed by atoms with Crippen molar-refractivity contribution in [3.63, 3.8) is 0 Å². The van der Waals surface area contributed by atoms with E-state index in [1.807, 2.05) is 6.92 Å². The zero-order chi connectivity index (χ0) is 8.69. The van der Waals surface area contributed by atoms with Gasteiger partial charge in [-0.2, -0.15) is 0 Å². The summed E-state index contributed by atoms with van der Waals surface area (Å²) < 4.78 is 4.08. The number of halogens is 1. The van der Waals surface area contributed by atoms with Crippen molar-refractivity contribution in [3.8, 4) is 0 Å². The van der Waals surface area contributed by atoms with Crippen LogP contribution in [0, 0.1) is 0 Å². The Morgan fingerprint density at radius 2 is 2.00 bits per heavy atom. The minimum atomic E-state index is -1.05. The van der Waals surface area contributed by atoms with Crippen LogP contribution in [0.5, 0.6) is 0 Å². The van der Waals surface area contributed by atoms with Crippen LogP contribution in [-0.2, 0) is 9.53 Å². The summed E-state index contributed by atoms with van der Waals surface area (Å²) in [6, 6.07) is 0. The standard InChI is InChI=1S/C7H11ClO3/c1-2-3-4-5-6(9)11-7(8)10/h2-5H2,1H3. The molecule has 0 unspecified atom stereocenters. The first-order valence-corrected chi connectivity index (χ1v) is 3.94. The first kappa shape index (κ1) is 10.4. The van der Waals surface area contributed by atoms with Crippen LogP contribution < -0.4 is 0 Å². The fraction of sp³-hybridized carbons (Fsp3) is 0.714. The number of esters is 1. The average molecular weight is 179 g/mol. The summed E-state index contributed by atoms with van der Waals surface area (Å²) in [5, 5.41) is 0. The Kier molecular flexibility index (Phi) is 5.84. The molecule has 3 nitrogen and oxygen atoms in total. The second kappa shape index (κ2) is 6.16. The van der Waals surface area contributed by atoms with E-state index in [9.17, 15) is 9.59 Å². The van der Waals surface area contributed by atoms with Gasteiger partial charge in [0.1, 0.15) is 0 Å². The molecule has 0 aliphatic rings. The van der Waals surface area contributed by atoms with Gasteiger partial charge in [0, 0.05) is 18.0 Å². The van der Waals surface area contributed by atoms with Crippen molar-refractivity contribution in [3.05, 3.63) is 0 Å². The summed E-state index contributed by atoms with van der Waals surface area (Å²) in [6.45, 7) is 2.03. The topological polar surface area (TPSA) is 43.4 Å². The van der Waals surface area contributed by atoms with Crippen LogP contribution in [0.2, 0.25) is 0 Å². The number of ether oxygens (including phenoxy) is 1. The molecule has 0 aromatic carbocycles. The number of rotatable bonds is 4. The van der Waals surface area contributed by atoms with Crippen LogP contribution in [0.3, 0.4) is 0 Å². The van der Waals surface area contributed by atoms with Crippen LogP contribution in [0.4, 0.5) is 4.79 Å². The van der Waals surface area contributed by atoms with Crippen LogP contribution in [0.15, 0.2) is 0 Å². The minimum absolute atomic E-state index is 0.270. The quantitative estimate of drug-likeness (QED) is 0.288. The molecule has 0 rings (SSSR count). The molecular formula is C7H11ClO3. The normalized spacial score (nSPS) is 9.27. The number of hydrogen-bond donors (Lipinski definition) is 0. The SMILES string of the molecule is CCCCCC(=O)OC(=O)Cl. The molecule has 4 heteroatoms. The van der Waals surface area contributed by atoms with Gasteiger partial charge in [0.2, 0.25) is 0 Å². The summed E-state index contributed by atoms with van der Waals surface area (Å²) in [4.78, 5) is 20.6. The fourth-order valence-corrected chi connectivity index (χ4v) is 0.746. The van der Waals surface area contributed by atoms with Crippen LogP contribution in [0.1, 0.15) is 32.6 Å². The third-order valence-electron chi connectivity index (χ3n) is 1.18. The highest BCUT2D eigenvalue weighted by atomic mass is 35.5. The van der Waals surface area contributed by atoms with Crippen molar-refractivity contribution in [2.75, 3.05) is 0 Å². The second-order valence-corrected chi connectivity index (χ2v) is 2.48. The van der Waals surface area contributed by atoms with E-state index in [0.717, 1.165) is 19.3 Å². The van der Waals surface area contributed by atoms with Gasteiger partial charge < -0.3 is 4.74 Å². The first-order valence-electron chi connectivity index (χ1n) is 3.57. The molecule has 64 valence electrons. The molecule has 0 atom stereocenters. The van der Waals surface area contributed by atoms with E-state index < -0.39 is 11.4 Å². The second-order valence-electron chi connectivity index (χ2n) is 2.17. The van der Waals surface area contributed by atoms with E-state index in [-0.39, 0.29) is 6.42 Å². The van der Waals surface area contributed by atoms with Gasteiger partial charge in [-0.05, 0) is 6.42 Å². The molecule has 0 aromatic rings. The van der Waals surface area contributed by atoms with Gasteiger partial charge in [-0.15, -0.1) is 0 Å². The van der Waals surface area contributed by atoms with Crippen LogP contribution in [0.25, 0.3) is 0 Å². The maximum absolute atomic E-state index is 10.6. The molecule has 0 radical (unpaired) electrons. The highest BCUT2D eigenvalue weighted by Gasteiger charge is 2.05. The number of hydrogen-bond acceptors (Lipinski definition) is 3. The average Bonchev–Trinajstić information content (AvgIpc) is 1.86. The summed E-state index contributed by atoms with van der Waals surface area (Å²) >= 11 is 4.80. The van der Waals surface area contributed by atoms with E-state index in [4.69, 9.17) is 11.6 Å². The van der Waals surface area contributed by atoms with Crippen LogP contribution in [-0.4, -0.2) is 11.4 Å². The van der Waals surface area contributed by atoms with E-state index in [2.05, 4.69) is 4.74 Å². The van der Waals surface area contributed by atoms with Crippen molar-refractivity contribution in [1.82, 2.24) is 0 Å². The molecule has 0 heterocycles. The highest BCUT2D eigenvalue weighted by molar-refractivity contribution is 6.61. The van der Waals surface area contributed by atoms with Crippen molar-refractivity contribution in [1.29, 1.82) is 0 Å². The molecule has 0 spiro atoms. The Morgan fingerprint density at radius 1 is 1.36 bits per heavy atom. The van der Waals surface area contributed by atoms with E-state index in [1.165, 1.54) is 0 Å². The largest absolute Gasteiger partial charge is 0.411 e. The van der Waals surface area contributed by atoms with Gasteiger partial charge in [0.05, 0.1) is 0 Å². The smallest absolute Gasteiger partial charge is 0.381 e. The van der Waals surface area contributed by atoms with Crippen molar-refractivity contribution < 1.29 is 14.3 Å². The summed E-state index contributed by atoms with van der Waals surface area (Å²) in [6.07, 6.45) is 3.01. The lowest BCUT2D eigenvalue weighted by atomic mass is 10.2.